The third-order valence-corrected chi connectivity index (χ3v) is 5.78. The Bertz CT molecular complexity index is 1240. The quantitative estimate of drug-likeness (QED) is 0.460. The van der Waals surface area contributed by atoms with Crippen LogP contribution in [0, 0.1) is 0 Å². The maximum Gasteiger partial charge on any atom is 0.270 e. The van der Waals surface area contributed by atoms with Gasteiger partial charge in [-0.1, -0.05) is 36.4 Å². The molecule has 5 rings (SSSR count). The number of hydrogen-bond donors (Lipinski definition) is 1. The van der Waals surface area contributed by atoms with Crippen molar-refractivity contribution in [3.8, 4) is 11.5 Å². The Morgan fingerprint density at radius 2 is 1.76 bits per heavy atom. The van der Waals surface area contributed by atoms with Gasteiger partial charge in [-0.2, -0.15) is 0 Å². The van der Waals surface area contributed by atoms with Crippen molar-refractivity contribution in [3.63, 3.8) is 0 Å². The molecule has 1 amide bonds. The van der Waals surface area contributed by atoms with Crippen LogP contribution >= 0.6 is 0 Å². The van der Waals surface area contributed by atoms with Crippen molar-refractivity contribution < 1.29 is 9.53 Å². The normalized spacial score (nSPS) is 13.6. The van der Waals surface area contributed by atoms with E-state index in [-0.39, 0.29) is 5.91 Å². The lowest BCUT2D eigenvalue weighted by molar-refractivity contribution is 0.0944. The fourth-order valence-electron chi connectivity index (χ4n) is 4.05. The van der Waals surface area contributed by atoms with E-state index in [9.17, 15) is 4.79 Å². The second-order valence-corrected chi connectivity index (χ2v) is 8.17. The van der Waals surface area contributed by atoms with Crippen LogP contribution in [0.4, 0.5) is 0 Å². The molecule has 2 aromatic carbocycles. The van der Waals surface area contributed by atoms with Gasteiger partial charge in [0.05, 0.1) is 6.54 Å². The van der Waals surface area contributed by atoms with Gasteiger partial charge in [0, 0.05) is 38.8 Å². The highest BCUT2D eigenvalue weighted by atomic mass is 16.5. The number of nitrogens with one attached hydrogen (secondary N) is 1. The van der Waals surface area contributed by atoms with E-state index in [1.807, 2.05) is 42.5 Å². The molecule has 0 unspecified atom stereocenters. The van der Waals surface area contributed by atoms with Crippen molar-refractivity contribution in [2.75, 3.05) is 13.1 Å². The summed E-state index contributed by atoms with van der Waals surface area (Å²) in [4.78, 5) is 18.8. The summed E-state index contributed by atoms with van der Waals surface area (Å²) in [6, 6.07) is 23.3. The first-order valence-corrected chi connectivity index (χ1v) is 11.4. The minimum Gasteiger partial charge on any atom is -0.457 e. The van der Waals surface area contributed by atoms with Gasteiger partial charge in [-0.15, -0.1) is 10.2 Å². The number of carbonyl (C=O) groups excluding carboxylic acids is 1. The Balaban J connectivity index is 1.18. The number of aromatic nitrogens is 4. The summed E-state index contributed by atoms with van der Waals surface area (Å²) >= 11 is 0. The summed E-state index contributed by atoms with van der Waals surface area (Å²) in [5.41, 5.74) is 1.59. The Hall–Kier alpha value is -4.04. The molecule has 1 aliphatic heterocycles. The van der Waals surface area contributed by atoms with Crippen molar-refractivity contribution in [1.29, 1.82) is 0 Å². The van der Waals surface area contributed by atoms with Crippen LogP contribution in [-0.4, -0.2) is 43.6 Å². The van der Waals surface area contributed by atoms with Crippen LogP contribution in [0.15, 0.2) is 79.0 Å². The van der Waals surface area contributed by atoms with Crippen LogP contribution in [0.25, 0.3) is 0 Å². The molecule has 1 N–H and O–H groups in total. The molecule has 3 heterocycles. The van der Waals surface area contributed by atoms with E-state index in [0.29, 0.717) is 12.2 Å². The van der Waals surface area contributed by atoms with Crippen molar-refractivity contribution in [2.45, 2.75) is 26.1 Å². The average Bonchev–Trinajstić information content (AvgIpc) is 3.16. The number of rotatable bonds is 7. The molecule has 0 bridgehead atoms. The molecular formula is C26H26N6O2. The average molecular weight is 455 g/mol. The minimum atomic E-state index is -0.217. The molecule has 0 aliphatic carbocycles. The van der Waals surface area contributed by atoms with Crippen molar-refractivity contribution in [2.24, 2.45) is 0 Å². The van der Waals surface area contributed by atoms with Crippen LogP contribution in [0.1, 0.15) is 27.7 Å². The second kappa shape index (κ2) is 10.3. The van der Waals surface area contributed by atoms with E-state index in [4.69, 9.17) is 4.74 Å². The molecule has 2 aromatic heterocycles. The van der Waals surface area contributed by atoms with E-state index in [1.54, 1.807) is 24.4 Å². The van der Waals surface area contributed by atoms with Gasteiger partial charge in [-0.3, -0.25) is 14.7 Å². The highest BCUT2D eigenvalue weighted by molar-refractivity contribution is 5.92. The van der Waals surface area contributed by atoms with Crippen LogP contribution < -0.4 is 10.1 Å². The third kappa shape index (κ3) is 5.29. The predicted octanol–water partition coefficient (Wildman–Crippen LogP) is 3.45. The largest absolute Gasteiger partial charge is 0.457 e. The molecule has 0 saturated carbocycles. The Kier molecular flexibility index (Phi) is 6.58. The molecule has 0 spiro atoms. The molecule has 172 valence electrons. The van der Waals surface area contributed by atoms with Gasteiger partial charge >= 0.3 is 0 Å². The molecule has 4 aromatic rings. The van der Waals surface area contributed by atoms with Crippen LogP contribution in [0.5, 0.6) is 11.5 Å². The first-order chi connectivity index (χ1) is 16.7. The van der Waals surface area contributed by atoms with E-state index in [2.05, 4.69) is 42.1 Å². The smallest absolute Gasteiger partial charge is 0.270 e. The predicted molar refractivity (Wildman–Crippen MR) is 127 cm³/mol. The number of fused-ring (bicyclic) bond motifs is 1. The zero-order chi connectivity index (χ0) is 23.2. The second-order valence-electron chi connectivity index (χ2n) is 8.17. The fourth-order valence-corrected chi connectivity index (χ4v) is 4.05. The van der Waals surface area contributed by atoms with Crippen molar-refractivity contribution in [1.82, 2.24) is 30.0 Å². The SMILES string of the molecule is O=C(NCc1nnc2n1CCN(Cc1cccc(Oc3ccccc3)c1)CC2)c1ccccn1. The standard InChI is InChI=1S/C26H26N6O2/c33-26(23-11-4-5-13-27-23)28-18-25-30-29-24-12-14-31(15-16-32(24)25)19-20-7-6-10-22(17-20)34-21-8-2-1-3-9-21/h1-11,13,17H,12,14-16,18-19H2,(H,28,33). The number of benzene rings is 2. The summed E-state index contributed by atoms with van der Waals surface area (Å²) in [6.45, 7) is 3.69. The Morgan fingerprint density at radius 3 is 2.62 bits per heavy atom. The Morgan fingerprint density at radius 1 is 0.912 bits per heavy atom. The van der Waals surface area contributed by atoms with Crippen LogP contribution in [0.2, 0.25) is 0 Å². The zero-order valence-electron chi connectivity index (χ0n) is 18.8. The molecule has 8 heteroatoms. The van der Waals surface area contributed by atoms with Gasteiger partial charge in [0.25, 0.3) is 5.91 Å². The number of amides is 1. The zero-order valence-corrected chi connectivity index (χ0v) is 18.8. The fraction of sp³-hybridized carbons (Fsp3) is 0.231. The molecule has 8 nitrogen and oxygen atoms in total. The van der Waals surface area contributed by atoms with Crippen LogP contribution in [-0.2, 0) is 26.1 Å². The van der Waals surface area contributed by atoms with Crippen LogP contribution in [0.3, 0.4) is 0 Å². The summed E-state index contributed by atoms with van der Waals surface area (Å²) in [5, 5.41) is 11.6. The number of para-hydroxylation sites is 1. The van der Waals surface area contributed by atoms with Gasteiger partial charge in [-0.05, 0) is 42.0 Å². The highest BCUT2D eigenvalue weighted by Crippen LogP contribution is 2.23. The lowest BCUT2D eigenvalue weighted by Gasteiger charge is -2.20. The lowest BCUT2D eigenvalue weighted by atomic mass is 10.2. The molecule has 34 heavy (non-hydrogen) atoms. The van der Waals surface area contributed by atoms with Gasteiger partial charge < -0.3 is 14.6 Å². The number of hydrogen-bond acceptors (Lipinski definition) is 6. The Labute approximate surface area is 198 Å². The summed E-state index contributed by atoms with van der Waals surface area (Å²) in [7, 11) is 0. The van der Waals surface area contributed by atoms with E-state index in [0.717, 1.165) is 55.7 Å². The number of pyridine rings is 1. The van der Waals surface area contributed by atoms with E-state index < -0.39 is 0 Å². The van der Waals surface area contributed by atoms with Gasteiger partial charge in [0.15, 0.2) is 5.82 Å². The number of carbonyl (C=O) groups is 1. The molecule has 0 atom stereocenters. The van der Waals surface area contributed by atoms with Crippen molar-refractivity contribution in [3.05, 3.63) is 102 Å². The summed E-state index contributed by atoms with van der Waals surface area (Å²) < 4.78 is 8.10. The number of nitrogens with zero attached hydrogens (tertiary/aromatic N) is 5. The van der Waals surface area contributed by atoms with Gasteiger partial charge in [-0.25, -0.2) is 0 Å². The lowest BCUT2D eigenvalue weighted by Crippen LogP contribution is -2.28. The molecule has 1 aliphatic rings. The van der Waals surface area contributed by atoms with E-state index in [1.165, 1.54) is 5.56 Å². The van der Waals surface area contributed by atoms with E-state index >= 15 is 0 Å². The molecule has 0 fully saturated rings. The first-order valence-electron chi connectivity index (χ1n) is 11.4. The first kappa shape index (κ1) is 21.8. The monoisotopic (exact) mass is 454 g/mol. The maximum absolute atomic E-state index is 12.3. The minimum absolute atomic E-state index is 0.217. The maximum atomic E-state index is 12.3. The summed E-state index contributed by atoms with van der Waals surface area (Å²) in [5.74, 6) is 3.16. The van der Waals surface area contributed by atoms with Gasteiger partial charge in [0.1, 0.15) is 23.0 Å². The number of ether oxygens (including phenoxy) is 1. The molecular weight excluding hydrogens is 428 g/mol. The molecule has 0 saturated heterocycles. The topological polar surface area (TPSA) is 85.2 Å². The third-order valence-electron chi connectivity index (χ3n) is 5.78. The highest BCUT2D eigenvalue weighted by Gasteiger charge is 2.19. The molecule has 0 radical (unpaired) electrons. The summed E-state index contributed by atoms with van der Waals surface area (Å²) in [6.07, 6.45) is 2.41. The van der Waals surface area contributed by atoms with Gasteiger partial charge in [0.2, 0.25) is 0 Å². The van der Waals surface area contributed by atoms with Crippen molar-refractivity contribution >= 4 is 5.91 Å².